The Kier molecular flexibility index (Phi) is 9.07. The van der Waals surface area contributed by atoms with Crippen LogP contribution in [0, 0.1) is 0 Å². The topological polar surface area (TPSA) is 125 Å². The monoisotopic (exact) mass is 557 g/mol. The number of carbonyl (C=O) groups is 4. The smallest absolute Gasteiger partial charge is 0.410 e. The van der Waals surface area contributed by atoms with Gasteiger partial charge in [0.25, 0.3) is 0 Å². The number of hydrogen-bond donors (Lipinski definition) is 3. The highest BCUT2D eigenvalue weighted by Crippen LogP contribution is 2.44. The summed E-state index contributed by atoms with van der Waals surface area (Å²) < 4.78 is 5.75. The van der Waals surface area contributed by atoms with Crippen molar-refractivity contribution < 1.29 is 29.0 Å². The number of amides is 3. The number of carboxylic acids is 1. The van der Waals surface area contributed by atoms with E-state index in [-0.39, 0.29) is 25.5 Å². The molecular formula is C32H35N3O6. The van der Waals surface area contributed by atoms with Crippen LogP contribution in [0.3, 0.4) is 0 Å². The average molecular weight is 558 g/mol. The molecule has 3 amide bonds. The van der Waals surface area contributed by atoms with Crippen molar-refractivity contribution in [2.45, 2.75) is 44.7 Å². The molecule has 41 heavy (non-hydrogen) atoms. The molecule has 3 aromatic rings. The quantitative estimate of drug-likeness (QED) is 0.347. The van der Waals surface area contributed by atoms with Crippen molar-refractivity contribution in [2.24, 2.45) is 0 Å². The molecule has 0 radical (unpaired) electrons. The maximum Gasteiger partial charge on any atom is 0.410 e. The summed E-state index contributed by atoms with van der Waals surface area (Å²) >= 11 is 0. The summed E-state index contributed by atoms with van der Waals surface area (Å²) in [5.41, 5.74) is 4.41. The molecule has 0 fully saturated rings. The Labute approximate surface area is 239 Å². The fourth-order valence-corrected chi connectivity index (χ4v) is 4.92. The van der Waals surface area contributed by atoms with E-state index in [1.807, 2.05) is 42.5 Å². The van der Waals surface area contributed by atoms with Crippen LogP contribution in [0.5, 0.6) is 0 Å². The molecule has 1 unspecified atom stereocenters. The minimum absolute atomic E-state index is 0.107. The van der Waals surface area contributed by atoms with Crippen molar-refractivity contribution in [3.63, 3.8) is 0 Å². The number of nitrogens with zero attached hydrogens (tertiary/aromatic N) is 1. The van der Waals surface area contributed by atoms with Crippen molar-refractivity contribution in [1.29, 1.82) is 0 Å². The van der Waals surface area contributed by atoms with Gasteiger partial charge in [-0.1, -0.05) is 78.9 Å². The van der Waals surface area contributed by atoms with Gasteiger partial charge in [0.1, 0.15) is 19.2 Å². The lowest BCUT2D eigenvalue weighted by Gasteiger charge is -2.34. The lowest BCUT2D eigenvalue weighted by Crippen LogP contribution is -2.52. The van der Waals surface area contributed by atoms with Crippen LogP contribution in [0.4, 0.5) is 4.79 Å². The van der Waals surface area contributed by atoms with Crippen LogP contribution >= 0.6 is 0 Å². The van der Waals surface area contributed by atoms with Gasteiger partial charge in [0, 0.05) is 17.9 Å². The van der Waals surface area contributed by atoms with Crippen molar-refractivity contribution >= 4 is 23.9 Å². The Morgan fingerprint density at radius 1 is 0.854 bits per heavy atom. The van der Waals surface area contributed by atoms with Crippen LogP contribution in [0.15, 0.2) is 78.9 Å². The van der Waals surface area contributed by atoms with Gasteiger partial charge in [-0.3, -0.25) is 14.5 Å². The first-order chi connectivity index (χ1) is 19.5. The average Bonchev–Trinajstić information content (AvgIpc) is 3.26. The number of carboxylic acid groups (broad SMARTS) is 1. The number of benzene rings is 3. The highest BCUT2D eigenvalue weighted by Gasteiger charge is 2.33. The van der Waals surface area contributed by atoms with Gasteiger partial charge in [-0.05, 0) is 48.6 Å². The number of hydrogen-bond acceptors (Lipinski definition) is 5. The van der Waals surface area contributed by atoms with Gasteiger partial charge in [-0.2, -0.15) is 0 Å². The molecule has 214 valence electrons. The minimum atomic E-state index is -1.18. The third kappa shape index (κ3) is 7.30. The fraction of sp³-hybridized carbons (Fsp3) is 0.312. The number of nitrogens with one attached hydrogen (secondary N) is 2. The normalized spacial score (nSPS) is 13.0. The minimum Gasteiger partial charge on any atom is -0.480 e. The van der Waals surface area contributed by atoms with Crippen LogP contribution in [0.25, 0.3) is 11.1 Å². The molecule has 0 bridgehead atoms. The van der Waals surface area contributed by atoms with Crippen LogP contribution < -0.4 is 10.6 Å². The van der Waals surface area contributed by atoms with E-state index in [0.29, 0.717) is 0 Å². The molecular weight excluding hydrogens is 522 g/mol. The first-order valence-corrected chi connectivity index (χ1v) is 13.5. The second-order valence-electron chi connectivity index (χ2n) is 11.0. The lowest BCUT2D eigenvalue weighted by molar-refractivity contribution is -0.141. The van der Waals surface area contributed by atoms with Gasteiger partial charge in [0.15, 0.2) is 0 Å². The van der Waals surface area contributed by atoms with Crippen LogP contribution in [0.2, 0.25) is 0 Å². The van der Waals surface area contributed by atoms with Gasteiger partial charge >= 0.3 is 12.1 Å². The van der Waals surface area contributed by atoms with Crippen molar-refractivity contribution in [3.8, 4) is 11.1 Å². The Balaban J connectivity index is 1.33. The second kappa shape index (κ2) is 12.7. The number of rotatable bonds is 10. The molecule has 0 saturated heterocycles. The van der Waals surface area contributed by atoms with Gasteiger partial charge < -0.3 is 20.5 Å². The summed E-state index contributed by atoms with van der Waals surface area (Å²) in [5, 5.41) is 14.4. The first kappa shape index (κ1) is 29.3. The third-order valence-electron chi connectivity index (χ3n) is 7.03. The molecule has 4 rings (SSSR count). The van der Waals surface area contributed by atoms with E-state index >= 15 is 0 Å². The standard InChI is InChI=1S/C32H35N3O6/c1-32(2,3)35(19-29(37)33-18-28(36)34-27(30(38)39)17-21-11-5-4-6-12-21)31(40)41-20-26-24-15-9-7-13-22(24)23-14-8-10-16-25(23)26/h4-16,26-27H,17-20H2,1-3H3,(H,33,37)(H,34,36)(H,38,39). The Hall–Kier alpha value is -4.66. The molecule has 0 aliphatic heterocycles. The van der Waals surface area contributed by atoms with Crippen molar-refractivity contribution in [2.75, 3.05) is 19.7 Å². The van der Waals surface area contributed by atoms with Gasteiger partial charge in [-0.25, -0.2) is 9.59 Å². The molecule has 0 saturated carbocycles. The van der Waals surface area contributed by atoms with E-state index in [2.05, 4.69) is 22.8 Å². The molecule has 3 aromatic carbocycles. The third-order valence-corrected chi connectivity index (χ3v) is 7.03. The summed E-state index contributed by atoms with van der Waals surface area (Å²) in [6.45, 7) is 4.71. The van der Waals surface area contributed by atoms with Crippen LogP contribution in [-0.2, 0) is 25.5 Å². The molecule has 3 N–H and O–H groups in total. The maximum atomic E-state index is 13.2. The molecule has 1 atom stereocenters. The second-order valence-corrected chi connectivity index (χ2v) is 11.0. The van der Waals surface area contributed by atoms with E-state index in [1.165, 1.54) is 4.90 Å². The number of ether oxygens (including phenoxy) is 1. The molecule has 9 heteroatoms. The zero-order chi connectivity index (χ0) is 29.6. The van der Waals surface area contributed by atoms with E-state index in [9.17, 15) is 24.3 Å². The van der Waals surface area contributed by atoms with E-state index in [0.717, 1.165) is 27.8 Å². The predicted molar refractivity (Wildman–Crippen MR) is 154 cm³/mol. The van der Waals surface area contributed by atoms with Gasteiger partial charge in [-0.15, -0.1) is 0 Å². The summed E-state index contributed by atoms with van der Waals surface area (Å²) in [6.07, 6.45) is -0.539. The SMILES string of the molecule is CC(C)(C)N(CC(=O)NCC(=O)NC(Cc1ccccc1)C(=O)O)C(=O)OCC1c2ccccc2-c2ccccc21. The van der Waals surface area contributed by atoms with Gasteiger partial charge in [0.2, 0.25) is 11.8 Å². The van der Waals surface area contributed by atoms with Crippen LogP contribution in [-0.4, -0.2) is 65.2 Å². The highest BCUT2D eigenvalue weighted by atomic mass is 16.6. The van der Waals surface area contributed by atoms with Gasteiger partial charge in [0.05, 0.1) is 6.54 Å². The largest absolute Gasteiger partial charge is 0.480 e. The Morgan fingerprint density at radius 2 is 1.41 bits per heavy atom. The molecule has 1 aliphatic rings. The van der Waals surface area contributed by atoms with Crippen molar-refractivity contribution in [3.05, 3.63) is 95.6 Å². The lowest BCUT2D eigenvalue weighted by atomic mass is 9.98. The predicted octanol–water partition coefficient (Wildman–Crippen LogP) is 3.96. The number of carbonyl (C=O) groups excluding carboxylic acids is 3. The zero-order valence-corrected chi connectivity index (χ0v) is 23.4. The summed E-state index contributed by atoms with van der Waals surface area (Å²) in [4.78, 5) is 51.3. The Bertz CT molecular complexity index is 1370. The number of aliphatic carboxylic acids is 1. The number of fused-ring (bicyclic) bond motifs is 3. The molecule has 0 aromatic heterocycles. The zero-order valence-electron chi connectivity index (χ0n) is 23.4. The first-order valence-electron chi connectivity index (χ1n) is 13.5. The van der Waals surface area contributed by atoms with Crippen LogP contribution in [0.1, 0.15) is 43.4 Å². The molecule has 0 spiro atoms. The summed E-state index contributed by atoms with van der Waals surface area (Å²) in [7, 11) is 0. The summed E-state index contributed by atoms with van der Waals surface area (Å²) in [6, 6.07) is 23.8. The molecule has 0 heterocycles. The van der Waals surface area contributed by atoms with Crippen molar-refractivity contribution in [1.82, 2.24) is 15.5 Å². The Morgan fingerprint density at radius 3 is 1.98 bits per heavy atom. The fourth-order valence-electron chi connectivity index (χ4n) is 4.92. The molecule has 9 nitrogen and oxygen atoms in total. The van der Waals surface area contributed by atoms with E-state index in [4.69, 9.17) is 4.74 Å². The summed E-state index contributed by atoms with van der Waals surface area (Å²) in [5.74, 6) is -2.52. The van der Waals surface area contributed by atoms with E-state index in [1.54, 1.807) is 45.0 Å². The molecule has 1 aliphatic carbocycles. The maximum absolute atomic E-state index is 13.2. The highest BCUT2D eigenvalue weighted by molar-refractivity contribution is 5.89. The van der Waals surface area contributed by atoms with E-state index < -0.39 is 42.0 Å².